The Kier molecular flexibility index (Phi) is 6.67. The molecule has 0 bridgehead atoms. The molecule has 2 N–H and O–H groups in total. The van der Waals surface area contributed by atoms with E-state index >= 15 is 0 Å². The lowest BCUT2D eigenvalue weighted by Crippen LogP contribution is -2.44. The molecule has 136 valence electrons. The van der Waals surface area contributed by atoms with Gasteiger partial charge in [0, 0.05) is 38.3 Å². The predicted octanol–water partition coefficient (Wildman–Crippen LogP) is 3.10. The van der Waals surface area contributed by atoms with E-state index in [1.54, 1.807) is 0 Å². The maximum absolute atomic E-state index is 10.8. The minimum Gasteiger partial charge on any atom is -0.491 e. The molecule has 1 heterocycles. The molecule has 2 rings (SSSR count). The molecule has 1 aromatic rings. The monoisotopic (exact) mass is 334 g/mol. The van der Waals surface area contributed by atoms with Crippen molar-refractivity contribution in [2.75, 3.05) is 32.7 Å². The van der Waals surface area contributed by atoms with E-state index in [0.717, 1.165) is 50.5 Å². The summed E-state index contributed by atoms with van der Waals surface area (Å²) in [5, 5.41) is 14.2. The highest BCUT2D eigenvalue weighted by molar-refractivity contribution is 5.41. The largest absolute Gasteiger partial charge is 0.491 e. The lowest BCUT2D eigenvalue weighted by Gasteiger charge is -2.29. The molecule has 1 aliphatic rings. The van der Waals surface area contributed by atoms with Crippen molar-refractivity contribution in [3.63, 3.8) is 0 Å². The lowest BCUT2D eigenvalue weighted by molar-refractivity contribution is 0.130. The van der Waals surface area contributed by atoms with E-state index in [1.165, 1.54) is 5.56 Å². The summed E-state index contributed by atoms with van der Waals surface area (Å²) in [6, 6.07) is 6.26. The third-order valence-corrected chi connectivity index (χ3v) is 4.53. The van der Waals surface area contributed by atoms with Gasteiger partial charge in [-0.25, -0.2) is 0 Å². The molecule has 24 heavy (non-hydrogen) atoms. The molecule has 0 spiro atoms. The molecule has 0 radical (unpaired) electrons. The summed E-state index contributed by atoms with van der Waals surface area (Å²) in [6.45, 7) is 15.8. The standard InChI is InChI=1S/C20H34N2O2/c1-15(2)24-19-7-6-16(20(3,4)5)14-17(19)18(23)8-11-22-12-9-21-10-13-22/h6-7,14-15,18,21,23H,8-13H2,1-5H3. The van der Waals surface area contributed by atoms with Crippen LogP contribution in [0.4, 0.5) is 0 Å². The van der Waals surface area contributed by atoms with Crippen LogP contribution >= 0.6 is 0 Å². The topological polar surface area (TPSA) is 44.7 Å². The predicted molar refractivity (Wildman–Crippen MR) is 99.8 cm³/mol. The molecule has 0 aliphatic carbocycles. The van der Waals surface area contributed by atoms with Crippen LogP contribution in [0.2, 0.25) is 0 Å². The van der Waals surface area contributed by atoms with Gasteiger partial charge in [-0.2, -0.15) is 0 Å². The summed E-state index contributed by atoms with van der Waals surface area (Å²) in [5.41, 5.74) is 2.21. The number of rotatable bonds is 6. The number of hydrogen-bond acceptors (Lipinski definition) is 4. The summed E-state index contributed by atoms with van der Waals surface area (Å²) in [6.07, 6.45) is 0.350. The van der Waals surface area contributed by atoms with E-state index in [0.29, 0.717) is 0 Å². The van der Waals surface area contributed by atoms with Crippen molar-refractivity contribution < 1.29 is 9.84 Å². The van der Waals surface area contributed by atoms with Gasteiger partial charge in [0.1, 0.15) is 5.75 Å². The molecule has 1 fully saturated rings. The van der Waals surface area contributed by atoms with Gasteiger partial charge < -0.3 is 20.1 Å². The van der Waals surface area contributed by atoms with E-state index in [2.05, 4.69) is 43.1 Å². The minimum absolute atomic E-state index is 0.0589. The van der Waals surface area contributed by atoms with Gasteiger partial charge in [0.15, 0.2) is 0 Å². The van der Waals surface area contributed by atoms with Crippen LogP contribution in [0.15, 0.2) is 18.2 Å². The van der Waals surface area contributed by atoms with Gasteiger partial charge in [-0.1, -0.05) is 26.8 Å². The Morgan fingerprint density at radius 3 is 2.46 bits per heavy atom. The molecule has 1 aliphatic heterocycles. The summed E-state index contributed by atoms with van der Waals surface area (Å²) in [7, 11) is 0. The Morgan fingerprint density at radius 1 is 1.21 bits per heavy atom. The van der Waals surface area contributed by atoms with Crippen molar-refractivity contribution in [1.29, 1.82) is 0 Å². The third-order valence-electron chi connectivity index (χ3n) is 4.53. The Labute approximate surface area is 147 Å². The number of hydrogen-bond donors (Lipinski definition) is 2. The fourth-order valence-electron chi connectivity index (χ4n) is 3.03. The second-order valence-electron chi connectivity index (χ2n) is 8.07. The molecule has 4 heteroatoms. The average Bonchev–Trinajstić information content (AvgIpc) is 2.52. The second-order valence-corrected chi connectivity index (χ2v) is 8.07. The van der Waals surface area contributed by atoms with E-state index in [9.17, 15) is 5.11 Å². The smallest absolute Gasteiger partial charge is 0.125 e. The first-order chi connectivity index (χ1) is 11.3. The van der Waals surface area contributed by atoms with Gasteiger partial charge in [-0.3, -0.25) is 0 Å². The van der Waals surface area contributed by atoms with Gasteiger partial charge >= 0.3 is 0 Å². The maximum atomic E-state index is 10.8. The molecular weight excluding hydrogens is 300 g/mol. The van der Waals surface area contributed by atoms with Gasteiger partial charge in [-0.15, -0.1) is 0 Å². The zero-order valence-electron chi connectivity index (χ0n) is 15.9. The number of aliphatic hydroxyl groups is 1. The van der Waals surface area contributed by atoms with E-state index in [-0.39, 0.29) is 11.5 Å². The summed E-state index contributed by atoms with van der Waals surface area (Å²) in [4.78, 5) is 2.41. The van der Waals surface area contributed by atoms with Gasteiger partial charge in [-0.05, 0) is 43.4 Å². The molecule has 0 aromatic heterocycles. The first-order valence-electron chi connectivity index (χ1n) is 9.19. The first-order valence-corrected chi connectivity index (χ1v) is 9.19. The fraction of sp³-hybridized carbons (Fsp3) is 0.700. The van der Waals surface area contributed by atoms with Crippen molar-refractivity contribution in [2.24, 2.45) is 0 Å². The fourth-order valence-corrected chi connectivity index (χ4v) is 3.03. The Bertz CT molecular complexity index is 517. The molecule has 1 aromatic carbocycles. The van der Waals surface area contributed by atoms with Crippen LogP contribution in [0.25, 0.3) is 0 Å². The zero-order chi connectivity index (χ0) is 17.7. The van der Waals surface area contributed by atoms with Crippen molar-refractivity contribution in [2.45, 2.75) is 58.7 Å². The number of nitrogens with one attached hydrogen (secondary N) is 1. The molecular formula is C20H34N2O2. The highest BCUT2D eigenvalue weighted by Gasteiger charge is 2.21. The van der Waals surface area contributed by atoms with Gasteiger partial charge in [0.05, 0.1) is 12.2 Å². The normalized spacial score (nSPS) is 18.0. The Morgan fingerprint density at radius 2 is 1.88 bits per heavy atom. The number of aliphatic hydroxyl groups excluding tert-OH is 1. The van der Waals surface area contributed by atoms with E-state index < -0.39 is 6.10 Å². The average molecular weight is 335 g/mol. The molecule has 0 saturated carbocycles. The van der Waals surface area contributed by atoms with Crippen LogP contribution in [-0.2, 0) is 5.41 Å². The van der Waals surface area contributed by atoms with Crippen LogP contribution in [0.1, 0.15) is 58.3 Å². The van der Waals surface area contributed by atoms with Crippen molar-refractivity contribution in [1.82, 2.24) is 10.2 Å². The van der Waals surface area contributed by atoms with Crippen LogP contribution in [0.3, 0.4) is 0 Å². The van der Waals surface area contributed by atoms with Crippen molar-refractivity contribution in [3.8, 4) is 5.75 Å². The highest BCUT2D eigenvalue weighted by Crippen LogP contribution is 2.33. The molecule has 1 atom stereocenters. The molecule has 0 amide bonds. The lowest BCUT2D eigenvalue weighted by atomic mass is 9.85. The molecule has 4 nitrogen and oxygen atoms in total. The Hall–Kier alpha value is -1.10. The van der Waals surface area contributed by atoms with Crippen molar-refractivity contribution in [3.05, 3.63) is 29.3 Å². The minimum atomic E-state index is -0.490. The van der Waals surface area contributed by atoms with Crippen LogP contribution in [0, 0.1) is 0 Å². The number of piperazine rings is 1. The van der Waals surface area contributed by atoms with Gasteiger partial charge in [0.25, 0.3) is 0 Å². The summed E-state index contributed by atoms with van der Waals surface area (Å²) in [5.74, 6) is 0.811. The number of ether oxygens (including phenoxy) is 1. The second kappa shape index (κ2) is 8.32. The van der Waals surface area contributed by atoms with E-state index in [4.69, 9.17) is 4.74 Å². The zero-order valence-corrected chi connectivity index (χ0v) is 15.9. The first kappa shape index (κ1) is 19.2. The summed E-state index contributed by atoms with van der Waals surface area (Å²) < 4.78 is 5.94. The highest BCUT2D eigenvalue weighted by atomic mass is 16.5. The van der Waals surface area contributed by atoms with Crippen molar-refractivity contribution >= 4 is 0 Å². The van der Waals surface area contributed by atoms with Crippen LogP contribution in [0.5, 0.6) is 5.75 Å². The Balaban J connectivity index is 2.13. The number of benzene rings is 1. The maximum Gasteiger partial charge on any atom is 0.125 e. The van der Waals surface area contributed by atoms with Gasteiger partial charge in [0.2, 0.25) is 0 Å². The van der Waals surface area contributed by atoms with E-state index in [1.807, 2.05) is 19.9 Å². The van der Waals surface area contributed by atoms with Crippen LogP contribution < -0.4 is 10.1 Å². The molecule has 1 unspecified atom stereocenters. The quantitative estimate of drug-likeness (QED) is 0.839. The summed E-state index contributed by atoms with van der Waals surface area (Å²) >= 11 is 0. The molecule has 1 saturated heterocycles. The van der Waals surface area contributed by atoms with Crippen LogP contribution in [-0.4, -0.2) is 48.8 Å². The third kappa shape index (κ3) is 5.47. The number of nitrogens with zero attached hydrogens (tertiary/aromatic N) is 1. The SMILES string of the molecule is CC(C)Oc1ccc(C(C)(C)C)cc1C(O)CCN1CCNCC1.